The van der Waals surface area contributed by atoms with Crippen LogP contribution < -0.4 is 20.9 Å². The lowest BCUT2D eigenvalue weighted by molar-refractivity contribution is 0.0803. The fraction of sp³-hybridized carbons (Fsp3) is 0.235. The Morgan fingerprint density at radius 1 is 1.24 bits per heavy atom. The Bertz CT molecular complexity index is 819. The van der Waals surface area contributed by atoms with Crippen molar-refractivity contribution in [1.82, 2.24) is 20.7 Å². The number of hydrogen-bond acceptors (Lipinski definition) is 4. The molecule has 0 spiro atoms. The summed E-state index contributed by atoms with van der Waals surface area (Å²) in [7, 11) is 0. The number of carbonyl (C=O) groups is 2. The third kappa shape index (κ3) is 4.17. The molecule has 1 saturated heterocycles. The standard InChI is InChI=1S/C17H18N4O4/c22-14-9-13(16(23)20-21-8-4-7-18-17(21)24)19-10-15(14)25-11-12-5-2-1-3-6-12/h1-3,5-6,9-10H,4,7-8,11H2,(H,18,24)(H,19,22)(H,20,23). The van der Waals surface area contributed by atoms with Crippen LogP contribution in [0.25, 0.3) is 0 Å². The summed E-state index contributed by atoms with van der Waals surface area (Å²) >= 11 is 0. The number of carbonyl (C=O) groups excluding carboxylic acids is 2. The molecular formula is C17H18N4O4. The Kier molecular flexibility index (Phi) is 4.98. The lowest BCUT2D eigenvalue weighted by Gasteiger charge is -2.27. The molecule has 0 aliphatic carbocycles. The molecule has 3 amide bonds. The third-order valence-corrected chi connectivity index (χ3v) is 3.68. The second kappa shape index (κ2) is 7.52. The second-order valence-corrected chi connectivity index (χ2v) is 5.53. The van der Waals surface area contributed by atoms with Crippen molar-refractivity contribution in [1.29, 1.82) is 0 Å². The molecular weight excluding hydrogens is 324 g/mol. The maximum atomic E-state index is 12.2. The van der Waals surface area contributed by atoms with Crippen molar-refractivity contribution in [3.63, 3.8) is 0 Å². The van der Waals surface area contributed by atoms with Crippen LogP contribution >= 0.6 is 0 Å². The van der Waals surface area contributed by atoms with Gasteiger partial charge in [0.2, 0.25) is 5.43 Å². The molecule has 1 aliphatic rings. The fourth-order valence-corrected chi connectivity index (χ4v) is 2.36. The van der Waals surface area contributed by atoms with Crippen molar-refractivity contribution in [2.75, 3.05) is 13.1 Å². The molecule has 0 bridgehead atoms. The summed E-state index contributed by atoms with van der Waals surface area (Å²) in [6.45, 7) is 1.25. The van der Waals surface area contributed by atoms with E-state index in [9.17, 15) is 14.4 Å². The highest BCUT2D eigenvalue weighted by molar-refractivity contribution is 5.93. The van der Waals surface area contributed by atoms with Crippen molar-refractivity contribution in [2.24, 2.45) is 0 Å². The van der Waals surface area contributed by atoms with Crippen LogP contribution in [0, 0.1) is 0 Å². The number of rotatable bonds is 5. The predicted octanol–water partition coefficient (Wildman–Crippen LogP) is 1.01. The van der Waals surface area contributed by atoms with E-state index >= 15 is 0 Å². The Morgan fingerprint density at radius 3 is 2.76 bits per heavy atom. The smallest absolute Gasteiger partial charge is 0.336 e. The lowest BCUT2D eigenvalue weighted by Crippen LogP contribution is -2.54. The van der Waals surface area contributed by atoms with Crippen molar-refractivity contribution >= 4 is 11.9 Å². The monoisotopic (exact) mass is 342 g/mol. The van der Waals surface area contributed by atoms with Crippen molar-refractivity contribution in [3.05, 3.63) is 64.1 Å². The van der Waals surface area contributed by atoms with E-state index in [-0.39, 0.29) is 24.1 Å². The molecule has 0 radical (unpaired) electrons. The van der Waals surface area contributed by atoms with Crippen LogP contribution in [-0.4, -0.2) is 35.0 Å². The van der Waals surface area contributed by atoms with E-state index in [2.05, 4.69) is 15.7 Å². The summed E-state index contributed by atoms with van der Waals surface area (Å²) in [4.78, 5) is 38.6. The molecule has 0 saturated carbocycles. The number of nitrogens with one attached hydrogen (secondary N) is 3. The first kappa shape index (κ1) is 16.6. The number of urea groups is 1. The lowest BCUT2D eigenvalue weighted by atomic mass is 10.2. The number of nitrogens with zero attached hydrogens (tertiary/aromatic N) is 1. The Morgan fingerprint density at radius 2 is 2.04 bits per heavy atom. The largest absolute Gasteiger partial charge is 0.483 e. The van der Waals surface area contributed by atoms with E-state index in [1.807, 2.05) is 30.3 Å². The van der Waals surface area contributed by atoms with Gasteiger partial charge in [-0.05, 0) is 12.0 Å². The molecule has 25 heavy (non-hydrogen) atoms. The summed E-state index contributed by atoms with van der Waals surface area (Å²) in [5.41, 5.74) is 3.03. The average Bonchev–Trinajstić information content (AvgIpc) is 2.63. The molecule has 0 unspecified atom stereocenters. The quantitative estimate of drug-likeness (QED) is 0.754. The minimum atomic E-state index is -0.566. The number of ether oxygens (including phenoxy) is 1. The zero-order valence-corrected chi connectivity index (χ0v) is 13.5. The first-order valence-electron chi connectivity index (χ1n) is 7.89. The van der Waals surface area contributed by atoms with E-state index in [4.69, 9.17) is 4.74 Å². The second-order valence-electron chi connectivity index (χ2n) is 5.53. The van der Waals surface area contributed by atoms with Gasteiger partial charge in [-0.15, -0.1) is 0 Å². The summed E-state index contributed by atoms with van der Waals surface area (Å²) in [6, 6.07) is 10.2. The predicted molar refractivity (Wildman–Crippen MR) is 90.0 cm³/mol. The molecule has 3 N–H and O–H groups in total. The van der Waals surface area contributed by atoms with Crippen LogP contribution in [0.3, 0.4) is 0 Å². The van der Waals surface area contributed by atoms with Gasteiger partial charge in [0, 0.05) is 25.4 Å². The summed E-state index contributed by atoms with van der Waals surface area (Å²) in [6.07, 6.45) is 2.07. The SMILES string of the molecule is O=C(NN1CCCNC1=O)c1cc(=O)c(OCc2ccccc2)c[nH]1. The molecule has 1 aliphatic heterocycles. The fourth-order valence-electron chi connectivity index (χ4n) is 2.36. The van der Waals surface area contributed by atoms with Gasteiger partial charge in [-0.1, -0.05) is 30.3 Å². The highest BCUT2D eigenvalue weighted by atomic mass is 16.5. The first-order valence-corrected chi connectivity index (χ1v) is 7.89. The van der Waals surface area contributed by atoms with Gasteiger partial charge in [0.05, 0.1) is 0 Å². The van der Waals surface area contributed by atoms with Gasteiger partial charge in [0.1, 0.15) is 12.3 Å². The van der Waals surface area contributed by atoms with Crippen LogP contribution in [0.15, 0.2) is 47.4 Å². The Labute approximate surface area is 143 Å². The van der Waals surface area contributed by atoms with E-state index < -0.39 is 11.3 Å². The highest BCUT2D eigenvalue weighted by Gasteiger charge is 2.20. The number of aromatic nitrogens is 1. The highest BCUT2D eigenvalue weighted by Crippen LogP contribution is 2.07. The summed E-state index contributed by atoms with van der Waals surface area (Å²) in [5, 5.41) is 3.81. The summed E-state index contributed by atoms with van der Waals surface area (Å²) in [5.74, 6) is -0.445. The van der Waals surface area contributed by atoms with Crippen LogP contribution in [0.2, 0.25) is 0 Å². The first-order chi connectivity index (χ1) is 12.1. The molecule has 1 aromatic carbocycles. The topological polar surface area (TPSA) is 104 Å². The van der Waals surface area contributed by atoms with Gasteiger partial charge in [-0.2, -0.15) is 0 Å². The maximum absolute atomic E-state index is 12.2. The van der Waals surface area contributed by atoms with Crippen LogP contribution in [0.1, 0.15) is 22.5 Å². The average molecular weight is 342 g/mol. The number of aromatic amines is 1. The minimum Gasteiger partial charge on any atom is -0.483 e. The summed E-state index contributed by atoms with van der Waals surface area (Å²) < 4.78 is 5.47. The Hall–Kier alpha value is -3.29. The van der Waals surface area contributed by atoms with Gasteiger partial charge in [-0.3, -0.25) is 15.0 Å². The van der Waals surface area contributed by atoms with Crippen molar-refractivity contribution in [3.8, 4) is 5.75 Å². The van der Waals surface area contributed by atoms with Gasteiger partial charge in [0.15, 0.2) is 5.75 Å². The van der Waals surface area contributed by atoms with Crippen LogP contribution in [0.4, 0.5) is 4.79 Å². The molecule has 1 fully saturated rings. The van der Waals surface area contributed by atoms with Gasteiger partial charge in [0.25, 0.3) is 5.91 Å². The molecule has 8 nitrogen and oxygen atoms in total. The normalized spacial score (nSPS) is 13.9. The van der Waals surface area contributed by atoms with Crippen LogP contribution in [-0.2, 0) is 6.61 Å². The van der Waals surface area contributed by atoms with Gasteiger partial charge in [-0.25, -0.2) is 9.80 Å². The molecule has 8 heteroatoms. The number of hydrazine groups is 1. The number of benzene rings is 1. The maximum Gasteiger partial charge on any atom is 0.336 e. The molecule has 130 valence electrons. The molecule has 2 heterocycles. The molecule has 1 aromatic heterocycles. The molecule has 0 atom stereocenters. The molecule has 2 aromatic rings. The minimum absolute atomic E-state index is 0.0513. The number of pyridine rings is 1. The van der Waals surface area contributed by atoms with E-state index in [1.165, 1.54) is 11.2 Å². The van der Waals surface area contributed by atoms with Gasteiger partial charge >= 0.3 is 6.03 Å². The van der Waals surface area contributed by atoms with E-state index in [0.717, 1.165) is 18.1 Å². The van der Waals surface area contributed by atoms with Crippen molar-refractivity contribution in [2.45, 2.75) is 13.0 Å². The van der Waals surface area contributed by atoms with E-state index in [0.29, 0.717) is 13.1 Å². The number of hydrogen-bond donors (Lipinski definition) is 3. The Balaban J connectivity index is 1.63. The third-order valence-electron chi connectivity index (χ3n) is 3.68. The zero-order valence-electron chi connectivity index (χ0n) is 13.5. The van der Waals surface area contributed by atoms with Crippen molar-refractivity contribution < 1.29 is 14.3 Å². The number of amides is 3. The zero-order chi connectivity index (χ0) is 17.6. The van der Waals surface area contributed by atoms with Crippen LogP contribution in [0.5, 0.6) is 5.75 Å². The van der Waals surface area contributed by atoms with E-state index in [1.54, 1.807) is 0 Å². The molecule has 3 rings (SSSR count). The number of H-pyrrole nitrogens is 1. The van der Waals surface area contributed by atoms with Gasteiger partial charge < -0.3 is 15.0 Å².